The van der Waals surface area contributed by atoms with Gasteiger partial charge in [-0.3, -0.25) is 4.79 Å². The van der Waals surface area contributed by atoms with Crippen molar-refractivity contribution in [2.75, 3.05) is 0 Å². The molecule has 2 nitrogen and oxygen atoms in total. The summed E-state index contributed by atoms with van der Waals surface area (Å²) in [5, 5.41) is 9.14. The number of halogens is 3. The van der Waals surface area contributed by atoms with E-state index >= 15 is 0 Å². The maximum atomic E-state index is 13.2. The molecular weight excluding hydrogens is 298 g/mol. The Bertz CT molecular complexity index is 458. The summed E-state index contributed by atoms with van der Waals surface area (Å²) in [6, 6.07) is 2.82. The van der Waals surface area contributed by atoms with Crippen molar-refractivity contribution in [1.82, 2.24) is 0 Å². The third kappa shape index (κ3) is 2.09. The van der Waals surface area contributed by atoms with Gasteiger partial charge in [-0.2, -0.15) is 0 Å². The van der Waals surface area contributed by atoms with Crippen molar-refractivity contribution in [3.63, 3.8) is 0 Å². The number of carboxylic acid groups (broad SMARTS) is 1. The number of carboxylic acids is 1. The molecule has 5 heteroatoms. The fraction of sp³-hybridized carbons (Fsp3) is 0.364. The zero-order chi connectivity index (χ0) is 11.9. The van der Waals surface area contributed by atoms with Crippen molar-refractivity contribution in [2.45, 2.75) is 24.7 Å². The SMILES string of the molecule is O=C(O)CC1(c2cc(Br)c(F)cc2Cl)CC1. The molecule has 0 atom stereocenters. The molecule has 16 heavy (non-hydrogen) atoms. The van der Waals surface area contributed by atoms with Crippen LogP contribution < -0.4 is 0 Å². The summed E-state index contributed by atoms with van der Waals surface area (Å²) in [6.07, 6.45) is 1.62. The van der Waals surface area contributed by atoms with E-state index in [1.165, 1.54) is 6.07 Å². The van der Waals surface area contributed by atoms with Crippen LogP contribution in [0.15, 0.2) is 16.6 Å². The van der Waals surface area contributed by atoms with E-state index in [0.29, 0.717) is 9.50 Å². The molecule has 1 aliphatic carbocycles. The highest BCUT2D eigenvalue weighted by molar-refractivity contribution is 9.10. The van der Waals surface area contributed by atoms with Crippen molar-refractivity contribution in [2.24, 2.45) is 0 Å². The first-order valence-corrected chi connectivity index (χ1v) is 5.98. The van der Waals surface area contributed by atoms with Crippen LogP contribution in [0, 0.1) is 5.82 Å². The van der Waals surface area contributed by atoms with Gasteiger partial charge < -0.3 is 5.11 Å². The normalized spacial score (nSPS) is 17.2. The van der Waals surface area contributed by atoms with Gasteiger partial charge in [-0.15, -0.1) is 0 Å². The number of benzene rings is 1. The Labute approximate surface area is 106 Å². The molecule has 1 N–H and O–H groups in total. The fourth-order valence-electron chi connectivity index (χ4n) is 1.91. The fourth-order valence-corrected chi connectivity index (χ4v) is 2.60. The van der Waals surface area contributed by atoms with Gasteiger partial charge in [0.05, 0.1) is 10.9 Å². The van der Waals surface area contributed by atoms with Crippen molar-refractivity contribution in [3.8, 4) is 0 Å². The standard InChI is InChI=1S/C11H9BrClFO2/c12-7-3-6(8(13)4-9(7)14)11(1-2-11)5-10(15)16/h3-4H,1-2,5H2,(H,15,16). The van der Waals surface area contributed by atoms with Gasteiger partial charge in [-0.05, 0) is 46.5 Å². The highest BCUT2D eigenvalue weighted by Crippen LogP contribution is 2.53. The number of aliphatic carboxylic acids is 1. The zero-order valence-corrected chi connectivity index (χ0v) is 10.6. The van der Waals surface area contributed by atoms with Gasteiger partial charge in [-0.1, -0.05) is 11.6 Å². The molecule has 86 valence electrons. The summed E-state index contributed by atoms with van der Waals surface area (Å²) < 4.78 is 13.5. The van der Waals surface area contributed by atoms with Crippen LogP contribution in [0.2, 0.25) is 5.02 Å². The number of hydrogen-bond acceptors (Lipinski definition) is 1. The van der Waals surface area contributed by atoms with Gasteiger partial charge in [0, 0.05) is 10.4 Å². The Morgan fingerprint density at radius 3 is 2.69 bits per heavy atom. The summed E-state index contributed by atoms with van der Waals surface area (Å²) >= 11 is 9.04. The molecule has 1 aromatic rings. The molecule has 0 heterocycles. The summed E-state index contributed by atoms with van der Waals surface area (Å²) in [7, 11) is 0. The highest BCUT2D eigenvalue weighted by atomic mass is 79.9. The van der Waals surface area contributed by atoms with E-state index in [1.807, 2.05) is 0 Å². The number of rotatable bonds is 3. The van der Waals surface area contributed by atoms with Crippen LogP contribution >= 0.6 is 27.5 Å². The average molecular weight is 308 g/mol. The highest BCUT2D eigenvalue weighted by Gasteiger charge is 2.47. The topological polar surface area (TPSA) is 37.3 Å². The molecule has 0 unspecified atom stereocenters. The molecular formula is C11H9BrClFO2. The maximum Gasteiger partial charge on any atom is 0.304 e. The lowest BCUT2D eigenvalue weighted by atomic mass is 9.92. The second-order valence-electron chi connectivity index (χ2n) is 4.10. The first kappa shape index (κ1) is 11.9. The minimum atomic E-state index is -0.853. The van der Waals surface area contributed by atoms with Crippen molar-refractivity contribution in [1.29, 1.82) is 0 Å². The predicted molar refractivity (Wildman–Crippen MR) is 62.3 cm³/mol. The molecule has 1 saturated carbocycles. The Hall–Kier alpha value is -0.610. The molecule has 0 saturated heterocycles. The first-order chi connectivity index (χ1) is 7.44. The Kier molecular flexibility index (Phi) is 2.97. The number of hydrogen-bond donors (Lipinski definition) is 1. The summed E-state index contributed by atoms with van der Waals surface area (Å²) in [6.45, 7) is 0. The van der Waals surface area contributed by atoms with Crippen molar-refractivity contribution in [3.05, 3.63) is 33.0 Å². The lowest BCUT2D eigenvalue weighted by Crippen LogP contribution is -2.13. The zero-order valence-electron chi connectivity index (χ0n) is 8.27. The summed E-state index contributed by atoms with van der Waals surface area (Å²) in [4.78, 5) is 10.8. The molecule has 1 aliphatic rings. The molecule has 0 bridgehead atoms. The molecule has 0 amide bonds. The molecule has 0 radical (unpaired) electrons. The van der Waals surface area contributed by atoms with Gasteiger partial charge in [0.25, 0.3) is 0 Å². The van der Waals surface area contributed by atoms with Crippen LogP contribution in [0.3, 0.4) is 0 Å². The Morgan fingerprint density at radius 2 is 2.19 bits per heavy atom. The van der Waals surface area contributed by atoms with Crippen molar-refractivity contribution >= 4 is 33.5 Å². The van der Waals surface area contributed by atoms with Crippen LogP contribution in [-0.4, -0.2) is 11.1 Å². The first-order valence-electron chi connectivity index (χ1n) is 4.81. The van der Waals surface area contributed by atoms with Crippen LogP contribution in [0.1, 0.15) is 24.8 Å². The Morgan fingerprint density at radius 1 is 1.56 bits per heavy atom. The molecule has 1 fully saturated rings. The van der Waals surface area contributed by atoms with Gasteiger partial charge in [0.2, 0.25) is 0 Å². The van der Waals surface area contributed by atoms with E-state index in [2.05, 4.69) is 15.9 Å². The third-order valence-electron chi connectivity index (χ3n) is 2.92. The number of carbonyl (C=O) groups is 1. The van der Waals surface area contributed by atoms with E-state index < -0.39 is 11.8 Å². The van der Waals surface area contributed by atoms with Gasteiger partial charge in [0.15, 0.2) is 0 Å². The van der Waals surface area contributed by atoms with E-state index in [-0.39, 0.29) is 11.8 Å². The van der Waals surface area contributed by atoms with E-state index in [9.17, 15) is 9.18 Å². The minimum Gasteiger partial charge on any atom is -0.481 e. The van der Waals surface area contributed by atoms with Gasteiger partial charge in [0.1, 0.15) is 5.82 Å². The molecule has 2 rings (SSSR count). The summed E-state index contributed by atoms with van der Waals surface area (Å²) in [5.74, 6) is -1.28. The quantitative estimate of drug-likeness (QED) is 0.864. The van der Waals surface area contributed by atoms with Crippen LogP contribution in [0.5, 0.6) is 0 Å². The molecule has 0 aromatic heterocycles. The van der Waals surface area contributed by atoms with Gasteiger partial charge in [-0.25, -0.2) is 4.39 Å². The van der Waals surface area contributed by atoms with Crippen LogP contribution in [0.4, 0.5) is 4.39 Å². The minimum absolute atomic E-state index is 0.0464. The molecule has 0 spiro atoms. The molecule has 0 aliphatic heterocycles. The Balaban J connectivity index is 2.41. The van der Waals surface area contributed by atoms with Gasteiger partial charge >= 0.3 is 5.97 Å². The maximum absolute atomic E-state index is 13.2. The molecule has 1 aromatic carbocycles. The lowest BCUT2D eigenvalue weighted by Gasteiger charge is -2.15. The monoisotopic (exact) mass is 306 g/mol. The largest absolute Gasteiger partial charge is 0.481 e. The van der Waals surface area contributed by atoms with Crippen LogP contribution in [0.25, 0.3) is 0 Å². The van der Waals surface area contributed by atoms with E-state index in [0.717, 1.165) is 18.4 Å². The summed E-state index contributed by atoms with van der Waals surface area (Å²) in [5.41, 5.74) is 0.337. The third-order valence-corrected chi connectivity index (χ3v) is 3.84. The second-order valence-corrected chi connectivity index (χ2v) is 5.36. The van der Waals surface area contributed by atoms with E-state index in [4.69, 9.17) is 16.7 Å². The predicted octanol–water partition coefficient (Wildman–Crippen LogP) is 3.75. The van der Waals surface area contributed by atoms with Crippen LogP contribution in [-0.2, 0) is 10.2 Å². The second kappa shape index (κ2) is 4.00. The smallest absolute Gasteiger partial charge is 0.304 e. The average Bonchev–Trinajstić information content (AvgIpc) is 2.91. The lowest BCUT2D eigenvalue weighted by molar-refractivity contribution is -0.137. The van der Waals surface area contributed by atoms with E-state index in [1.54, 1.807) is 6.07 Å². The van der Waals surface area contributed by atoms with Crippen molar-refractivity contribution < 1.29 is 14.3 Å².